The molecule has 13 heteroatoms. The van der Waals surface area contributed by atoms with Crippen LogP contribution in [0.25, 0.3) is 0 Å². The molecule has 0 aliphatic carbocycles. The van der Waals surface area contributed by atoms with E-state index in [2.05, 4.69) is 0 Å². The van der Waals surface area contributed by atoms with Crippen LogP contribution in [0.5, 0.6) is 0 Å². The lowest BCUT2D eigenvalue weighted by Crippen LogP contribution is -2.62. The molecular weight excluding hydrogens is 640 g/mol. The number of carbonyl (C=O) groups excluding carboxylic acids is 1. The van der Waals surface area contributed by atoms with Crippen molar-refractivity contribution in [1.82, 2.24) is 0 Å². The van der Waals surface area contributed by atoms with E-state index in [0.717, 1.165) is 11.1 Å². The quantitative estimate of drug-likeness (QED) is 0.203. The standard InChI is InChI=1S/C36H50O13/c1-22(38)43-25(18-37)27(29-32(33(39-6)40-7)49-36(4,5)47-29)45-34-31(42-20-24-16-12-9-13-17-24)30-28(46-35(2,3)48-30)26(44-34)21-41-19-23-14-10-8-11-15-23/h8-17,25-34,37H,18-21H2,1-7H3/t25-,26-,27-,28+,29+,30+,31-,32-,34+/m1/s1. The van der Waals surface area contributed by atoms with Gasteiger partial charge in [-0.1, -0.05) is 60.7 Å². The third-order valence-electron chi connectivity index (χ3n) is 8.49. The van der Waals surface area contributed by atoms with Gasteiger partial charge in [0, 0.05) is 21.1 Å². The van der Waals surface area contributed by atoms with E-state index in [4.69, 9.17) is 52.1 Å². The van der Waals surface area contributed by atoms with Crippen LogP contribution in [0, 0.1) is 0 Å². The summed E-state index contributed by atoms with van der Waals surface area (Å²) in [5.41, 5.74) is 1.92. The zero-order valence-electron chi connectivity index (χ0n) is 29.2. The fourth-order valence-electron chi connectivity index (χ4n) is 6.49. The van der Waals surface area contributed by atoms with Crippen LogP contribution in [-0.4, -0.2) is 111 Å². The molecule has 3 aliphatic rings. The number of ether oxygens (including phenoxy) is 11. The van der Waals surface area contributed by atoms with Crippen molar-refractivity contribution in [2.24, 2.45) is 0 Å². The van der Waals surface area contributed by atoms with E-state index in [1.54, 1.807) is 13.8 Å². The number of aliphatic hydroxyl groups is 1. The molecule has 3 heterocycles. The minimum absolute atomic E-state index is 0.146. The van der Waals surface area contributed by atoms with Gasteiger partial charge >= 0.3 is 5.97 Å². The van der Waals surface area contributed by atoms with Gasteiger partial charge in [0.1, 0.15) is 42.7 Å². The molecule has 9 atom stereocenters. The summed E-state index contributed by atoms with van der Waals surface area (Å²) in [7, 11) is 2.95. The normalized spacial score (nSPS) is 30.2. The monoisotopic (exact) mass is 690 g/mol. The van der Waals surface area contributed by atoms with Crippen LogP contribution in [0.15, 0.2) is 60.7 Å². The average Bonchev–Trinajstić information content (AvgIpc) is 3.57. The van der Waals surface area contributed by atoms with E-state index < -0.39 is 85.6 Å². The van der Waals surface area contributed by atoms with Crippen LogP contribution in [0.4, 0.5) is 0 Å². The number of hydrogen-bond acceptors (Lipinski definition) is 13. The number of benzene rings is 2. The molecular formula is C36H50O13. The van der Waals surface area contributed by atoms with Gasteiger partial charge in [0.15, 0.2) is 30.3 Å². The van der Waals surface area contributed by atoms with Gasteiger partial charge < -0.3 is 57.2 Å². The molecule has 0 radical (unpaired) electrons. The average molecular weight is 691 g/mol. The zero-order valence-corrected chi connectivity index (χ0v) is 29.2. The van der Waals surface area contributed by atoms with Gasteiger partial charge in [0.05, 0.1) is 26.4 Å². The molecule has 0 amide bonds. The molecule has 0 spiro atoms. The molecule has 13 nitrogen and oxygen atoms in total. The molecule has 3 fully saturated rings. The highest BCUT2D eigenvalue weighted by molar-refractivity contribution is 5.66. The molecule has 3 saturated heterocycles. The number of esters is 1. The lowest BCUT2D eigenvalue weighted by Gasteiger charge is -2.44. The fourth-order valence-corrected chi connectivity index (χ4v) is 6.49. The van der Waals surface area contributed by atoms with Crippen LogP contribution in [0.1, 0.15) is 45.7 Å². The maximum absolute atomic E-state index is 12.3. The van der Waals surface area contributed by atoms with Gasteiger partial charge in [0.2, 0.25) is 0 Å². The number of rotatable bonds is 16. The first-order valence-electron chi connectivity index (χ1n) is 16.6. The van der Waals surface area contributed by atoms with Crippen molar-refractivity contribution in [3.63, 3.8) is 0 Å². The maximum Gasteiger partial charge on any atom is 0.303 e. The third-order valence-corrected chi connectivity index (χ3v) is 8.49. The van der Waals surface area contributed by atoms with Crippen molar-refractivity contribution in [2.45, 2.75) is 121 Å². The van der Waals surface area contributed by atoms with Crippen molar-refractivity contribution in [3.8, 4) is 0 Å². The molecule has 2 aromatic rings. The molecule has 0 saturated carbocycles. The summed E-state index contributed by atoms with van der Waals surface area (Å²) < 4.78 is 68.3. The van der Waals surface area contributed by atoms with Crippen LogP contribution < -0.4 is 0 Å². The van der Waals surface area contributed by atoms with E-state index in [0.29, 0.717) is 6.61 Å². The van der Waals surface area contributed by atoms with Gasteiger partial charge in [-0.05, 0) is 38.8 Å². The molecule has 2 aromatic carbocycles. The van der Waals surface area contributed by atoms with Crippen LogP contribution in [0.2, 0.25) is 0 Å². The Kier molecular flexibility index (Phi) is 12.8. The molecule has 49 heavy (non-hydrogen) atoms. The Morgan fingerprint density at radius 1 is 0.816 bits per heavy atom. The minimum Gasteiger partial charge on any atom is -0.457 e. The second-order valence-electron chi connectivity index (χ2n) is 13.2. The topological polar surface area (TPSA) is 139 Å². The van der Waals surface area contributed by atoms with Gasteiger partial charge in [0.25, 0.3) is 0 Å². The SMILES string of the molecule is COC(OC)[C@@H]1OC(C)(C)O[C@H]1[C@H](O[C@@H]1O[C@H](COCc2ccccc2)[C@@H]2OC(C)(C)O[C@@H]2[C@H]1OCc1ccccc1)[C@@H](CO)OC(C)=O. The van der Waals surface area contributed by atoms with Gasteiger partial charge in [-0.15, -0.1) is 0 Å². The molecule has 5 rings (SSSR count). The van der Waals surface area contributed by atoms with Crippen molar-refractivity contribution >= 4 is 5.97 Å². The second-order valence-corrected chi connectivity index (χ2v) is 13.2. The van der Waals surface area contributed by atoms with Gasteiger partial charge in [-0.3, -0.25) is 4.79 Å². The van der Waals surface area contributed by atoms with Crippen molar-refractivity contribution in [1.29, 1.82) is 0 Å². The Hall–Kier alpha value is -2.53. The Morgan fingerprint density at radius 3 is 1.98 bits per heavy atom. The largest absolute Gasteiger partial charge is 0.457 e. The molecule has 0 aromatic heterocycles. The molecule has 3 aliphatic heterocycles. The Balaban J connectivity index is 1.49. The van der Waals surface area contributed by atoms with E-state index in [9.17, 15) is 9.90 Å². The third kappa shape index (κ3) is 9.63. The Morgan fingerprint density at radius 2 is 1.39 bits per heavy atom. The van der Waals surface area contributed by atoms with E-state index >= 15 is 0 Å². The first kappa shape index (κ1) is 37.7. The highest BCUT2D eigenvalue weighted by Crippen LogP contribution is 2.42. The molecule has 1 N–H and O–H groups in total. The summed E-state index contributed by atoms with van der Waals surface area (Å²) in [6.45, 7) is 8.49. The lowest BCUT2D eigenvalue weighted by atomic mass is 9.98. The van der Waals surface area contributed by atoms with E-state index in [1.807, 2.05) is 74.5 Å². The number of carbonyl (C=O) groups is 1. The highest BCUT2D eigenvalue weighted by atomic mass is 16.8. The van der Waals surface area contributed by atoms with Crippen molar-refractivity contribution in [2.75, 3.05) is 27.4 Å². The Bertz CT molecular complexity index is 1300. The minimum atomic E-state index is -1.20. The maximum atomic E-state index is 12.3. The van der Waals surface area contributed by atoms with Crippen LogP contribution >= 0.6 is 0 Å². The lowest BCUT2D eigenvalue weighted by molar-refractivity contribution is -0.324. The summed E-state index contributed by atoms with van der Waals surface area (Å²) >= 11 is 0. The van der Waals surface area contributed by atoms with Crippen LogP contribution in [-0.2, 0) is 70.1 Å². The summed E-state index contributed by atoms with van der Waals surface area (Å²) in [4.78, 5) is 12.3. The smallest absolute Gasteiger partial charge is 0.303 e. The van der Waals surface area contributed by atoms with Crippen molar-refractivity contribution in [3.05, 3.63) is 71.8 Å². The zero-order chi connectivity index (χ0) is 35.2. The van der Waals surface area contributed by atoms with Gasteiger partial charge in [-0.25, -0.2) is 0 Å². The fraction of sp³-hybridized carbons (Fsp3) is 0.639. The molecule has 0 unspecified atom stereocenters. The van der Waals surface area contributed by atoms with Crippen molar-refractivity contribution < 1.29 is 62.0 Å². The first-order valence-corrected chi connectivity index (χ1v) is 16.6. The van der Waals surface area contributed by atoms with E-state index in [-0.39, 0.29) is 13.2 Å². The summed E-state index contributed by atoms with van der Waals surface area (Å²) in [6, 6.07) is 19.5. The Labute approximate surface area is 287 Å². The summed E-state index contributed by atoms with van der Waals surface area (Å²) in [5.74, 6) is -2.70. The predicted octanol–water partition coefficient (Wildman–Crippen LogP) is 3.48. The highest BCUT2D eigenvalue weighted by Gasteiger charge is 2.59. The first-order chi connectivity index (χ1) is 23.4. The molecule has 0 bridgehead atoms. The number of methoxy groups -OCH3 is 2. The summed E-state index contributed by atoms with van der Waals surface area (Å²) in [5, 5.41) is 10.6. The summed E-state index contributed by atoms with van der Waals surface area (Å²) in [6.07, 6.45) is -8.91. The van der Waals surface area contributed by atoms with Crippen LogP contribution in [0.3, 0.4) is 0 Å². The second kappa shape index (κ2) is 16.7. The number of fused-ring (bicyclic) bond motifs is 1. The number of hydrogen-bond donors (Lipinski definition) is 1. The molecule has 272 valence electrons. The van der Waals surface area contributed by atoms with E-state index in [1.165, 1.54) is 21.1 Å². The van der Waals surface area contributed by atoms with Gasteiger partial charge in [-0.2, -0.15) is 0 Å². The number of aliphatic hydroxyl groups excluding tert-OH is 1. The predicted molar refractivity (Wildman–Crippen MR) is 173 cm³/mol.